The third kappa shape index (κ3) is 3.22. The van der Waals surface area contributed by atoms with Crippen LogP contribution in [-0.4, -0.2) is 0 Å². The van der Waals surface area contributed by atoms with Crippen LogP contribution in [0.4, 0.5) is 5.69 Å². The first-order valence-electron chi connectivity index (χ1n) is 6.84. The van der Waals surface area contributed by atoms with Crippen molar-refractivity contribution >= 4 is 44.0 Å². The summed E-state index contributed by atoms with van der Waals surface area (Å²) in [5.74, 6) is 0. The molecule has 106 valence electrons. The molecule has 1 N–H and O–H groups in total. The fourth-order valence-corrected chi connectivity index (χ4v) is 3.20. The van der Waals surface area contributed by atoms with Crippen molar-refractivity contribution in [3.63, 3.8) is 0 Å². The molecule has 3 rings (SSSR count). The minimum atomic E-state index is 0.215. The van der Waals surface area contributed by atoms with Crippen LogP contribution in [0.15, 0.2) is 65.1 Å². The molecule has 0 aliphatic carbocycles. The smallest absolute Gasteiger partial charge is 0.0490 e. The second-order valence-electron chi connectivity index (χ2n) is 5.10. The van der Waals surface area contributed by atoms with E-state index in [2.05, 4.69) is 70.6 Å². The van der Waals surface area contributed by atoms with E-state index in [9.17, 15) is 0 Å². The topological polar surface area (TPSA) is 12.0 Å². The standard InChI is InChI=1S/C18H15BrClN/c1-12(21-18-9-8-16(20)11-17(18)19)14-7-6-13-4-2-3-5-15(13)10-14/h2-12,21H,1H3. The molecule has 0 amide bonds. The molecule has 21 heavy (non-hydrogen) atoms. The van der Waals surface area contributed by atoms with E-state index >= 15 is 0 Å². The maximum Gasteiger partial charge on any atom is 0.0490 e. The Morgan fingerprint density at radius 2 is 1.71 bits per heavy atom. The van der Waals surface area contributed by atoms with Gasteiger partial charge in [-0.3, -0.25) is 0 Å². The van der Waals surface area contributed by atoms with Crippen LogP contribution in [-0.2, 0) is 0 Å². The summed E-state index contributed by atoms with van der Waals surface area (Å²) in [5.41, 5.74) is 2.30. The van der Waals surface area contributed by atoms with Crippen LogP contribution in [0.2, 0.25) is 5.02 Å². The first-order valence-corrected chi connectivity index (χ1v) is 8.01. The summed E-state index contributed by atoms with van der Waals surface area (Å²) < 4.78 is 0.975. The molecule has 0 aliphatic rings. The van der Waals surface area contributed by atoms with Gasteiger partial charge in [-0.25, -0.2) is 0 Å². The lowest BCUT2D eigenvalue weighted by atomic mass is 10.0. The number of nitrogens with one attached hydrogen (secondary N) is 1. The van der Waals surface area contributed by atoms with Crippen LogP contribution in [0.25, 0.3) is 10.8 Å². The molecule has 0 aliphatic heterocycles. The molecule has 1 atom stereocenters. The summed E-state index contributed by atoms with van der Waals surface area (Å²) in [4.78, 5) is 0. The maximum absolute atomic E-state index is 5.98. The minimum absolute atomic E-state index is 0.215. The van der Waals surface area contributed by atoms with E-state index in [1.807, 2.05) is 18.2 Å². The first-order chi connectivity index (χ1) is 10.1. The van der Waals surface area contributed by atoms with Crippen molar-refractivity contribution in [1.82, 2.24) is 0 Å². The molecule has 3 aromatic rings. The summed E-state index contributed by atoms with van der Waals surface area (Å²) in [7, 11) is 0. The van der Waals surface area contributed by atoms with E-state index in [-0.39, 0.29) is 6.04 Å². The highest BCUT2D eigenvalue weighted by Gasteiger charge is 2.08. The predicted molar refractivity (Wildman–Crippen MR) is 95.1 cm³/mol. The summed E-state index contributed by atoms with van der Waals surface area (Å²) in [5, 5.41) is 6.77. The van der Waals surface area contributed by atoms with Crippen molar-refractivity contribution in [3.05, 3.63) is 75.7 Å². The van der Waals surface area contributed by atoms with Crippen molar-refractivity contribution < 1.29 is 0 Å². The number of benzene rings is 3. The summed E-state index contributed by atoms with van der Waals surface area (Å²) in [6.45, 7) is 2.16. The zero-order valence-corrected chi connectivity index (χ0v) is 13.9. The fraction of sp³-hybridized carbons (Fsp3) is 0.111. The van der Waals surface area contributed by atoms with E-state index in [1.54, 1.807) is 0 Å². The lowest BCUT2D eigenvalue weighted by Gasteiger charge is -2.17. The van der Waals surface area contributed by atoms with Crippen LogP contribution >= 0.6 is 27.5 Å². The third-order valence-corrected chi connectivity index (χ3v) is 4.47. The fourth-order valence-electron chi connectivity index (χ4n) is 2.40. The molecule has 0 heterocycles. The SMILES string of the molecule is CC(Nc1ccc(Cl)cc1Br)c1ccc2ccccc2c1. The molecule has 0 aromatic heterocycles. The minimum Gasteiger partial charge on any atom is -0.378 e. The normalized spacial score (nSPS) is 12.3. The van der Waals surface area contributed by atoms with Crippen molar-refractivity contribution in [2.75, 3.05) is 5.32 Å². The van der Waals surface area contributed by atoms with Gasteiger partial charge >= 0.3 is 0 Å². The van der Waals surface area contributed by atoms with E-state index in [4.69, 9.17) is 11.6 Å². The Bertz CT molecular complexity index is 785. The number of rotatable bonds is 3. The van der Waals surface area contributed by atoms with Crippen LogP contribution in [0, 0.1) is 0 Å². The first kappa shape index (κ1) is 14.4. The lowest BCUT2D eigenvalue weighted by Crippen LogP contribution is -2.06. The van der Waals surface area contributed by atoms with Crippen molar-refractivity contribution in [3.8, 4) is 0 Å². The average molecular weight is 361 g/mol. The molecule has 0 saturated carbocycles. The van der Waals surface area contributed by atoms with E-state index in [1.165, 1.54) is 16.3 Å². The highest BCUT2D eigenvalue weighted by Crippen LogP contribution is 2.30. The van der Waals surface area contributed by atoms with Gasteiger partial charge in [-0.15, -0.1) is 0 Å². The van der Waals surface area contributed by atoms with Gasteiger partial charge in [0.25, 0.3) is 0 Å². The highest BCUT2D eigenvalue weighted by atomic mass is 79.9. The monoisotopic (exact) mass is 359 g/mol. The second kappa shape index (κ2) is 6.08. The van der Waals surface area contributed by atoms with Crippen molar-refractivity contribution in [2.24, 2.45) is 0 Å². The van der Waals surface area contributed by atoms with Crippen molar-refractivity contribution in [1.29, 1.82) is 0 Å². The molecule has 0 bridgehead atoms. The Morgan fingerprint density at radius 1 is 0.952 bits per heavy atom. The van der Waals surface area contributed by atoms with E-state index in [0.29, 0.717) is 0 Å². The van der Waals surface area contributed by atoms with Gasteiger partial charge in [0.15, 0.2) is 0 Å². The average Bonchev–Trinajstić information content (AvgIpc) is 2.49. The Hall–Kier alpha value is -1.51. The van der Waals surface area contributed by atoms with Crippen LogP contribution in [0.1, 0.15) is 18.5 Å². The van der Waals surface area contributed by atoms with Gasteiger partial charge in [-0.1, -0.05) is 48.0 Å². The summed E-state index contributed by atoms with van der Waals surface area (Å²) >= 11 is 9.52. The molecule has 1 unspecified atom stereocenters. The molecule has 3 heteroatoms. The molecular formula is C18H15BrClN. The molecule has 0 spiro atoms. The number of fused-ring (bicyclic) bond motifs is 1. The molecular weight excluding hydrogens is 346 g/mol. The van der Waals surface area contributed by atoms with E-state index < -0.39 is 0 Å². The zero-order valence-electron chi connectivity index (χ0n) is 11.6. The van der Waals surface area contributed by atoms with Gasteiger partial charge in [0.2, 0.25) is 0 Å². The lowest BCUT2D eigenvalue weighted by molar-refractivity contribution is 0.886. The second-order valence-corrected chi connectivity index (χ2v) is 6.39. The zero-order chi connectivity index (χ0) is 14.8. The summed E-state index contributed by atoms with van der Waals surface area (Å²) in [6, 6.07) is 21.0. The number of hydrogen-bond acceptors (Lipinski definition) is 1. The summed E-state index contributed by atoms with van der Waals surface area (Å²) in [6.07, 6.45) is 0. The Balaban J connectivity index is 1.87. The van der Waals surface area contributed by atoms with Gasteiger partial charge in [0, 0.05) is 21.2 Å². The van der Waals surface area contributed by atoms with Gasteiger partial charge < -0.3 is 5.32 Å². The largest absolute Gasteiger partial charge is 0.378 e. The van der Waals surface area contributed by atoms with Crippen LogP contribution in [0.3, 0.4) is 0 Å². The Labute approximate surface area is 138 Å². The molecule has 0 radical (unpaired) electrons. The van der Waals surface area contributed by atoms with E-state index in [0.717, 1.165) is 15.2 Å². The number of hydrogen-bond donors (Lipinski definition) is 1. The third-order valence-electron chi connectivity index (χ3n) is 3.58. The quantitative estimate of drug-likeness (QED) is 0.567. The molecule has 3 aromatic carbocycles. The maximum atomic E-state index is 5.98. The molecule has 1 nitrogen and oxygen atoms in total. The molecule has 0 saturated heterocycles. The Morgan fingerprint density at radius 3 is 2.48 bits per heavy atom. The number of halogens is 2. The highest BCUT2D eigenvalue weighted by molar-refractivity contribution is 9.10. The molecule has 0 fully saturated rings. The van der Waals surface area contributed by atoms with Gasteiger partial charge in [0.05, 0.1) is 0 Å². The van der Waals surface area contributed by atoms with Crippen molar-refractivity contribution in [2.45, 2.75) is 13.0 Å². The van der Waals surface area contributed by atoms with Crippen LogP contribution in [0.5, 0.6) is 0 Å². The van der Waals surface area contributed by atoms with Crippen LogP contribution < -0.4 is 5.32 Å². The Kier molecular flexibility index (Phi) is 4.18. The predicted octanol–water partition coefficient (Wildman–Crippen LogP) is 6.43. The van der Waals surface area contributed by atoms with Gasteiger partial charge in [-0.05, 0) is 63.5 Å². The van der Waals surface area contributed by atoms with Gasteiger partial charge in [-0.2, -0.15) is 0 Å². The number of anilines is 1. The van der Waals surface area contributed by atoms with Gasteiger partial charge in [0.1, 0.15) is 0 Å².